The third-order valence-corrected chi connectivity index (χ3v) is 3.80. The molecule has 3 heteroatoms. The van der Waals surface area contributed by atoms with Gasteiger partial charge in [0.05, 0.1) is 18.0 Å². The summed E-state index contributed by atoms with van der Waals surface area (Å²) >= 11 is 0. The SMILES string of the molecule is CCOc1ccc(-n2ccc(C3CCCC3)n2)cc1. The summed E-state index contributed by atoms with van der Waals surface area (Å²) in [6.07, 6.45) is 7.34. The Morgan fingerprint density at radius 2 is 1.89 bits per heavy atom. The lowest BCUT2D eigenvalue weighted by molar-refractivity contribution is 0.340. The Balaban J connectivity index is 1.77. The largest absolute Gasteiger partial charge is 0.494 e. The zero-order chi connectivity index (χ0) is 13.1. The molecule has 1 aromatic carbocycles. The van der Waals surface area contributed by atoms with Crippen molar-refractivity contribution in [3.8, 4) is 11.4 Å². The van der Waals surface area contributed by atoms with Gasteiger partial charge in [-0.15, -0.1) is 0 Å². The molecular formula is C16H20N2O. The van der Waals surface area contributed by atoms with E-state index in [4.69, 9.17) is 9.84 Å². The third kappa shape index (κ3) is 2.65. The molecule has 0 bridgehead atoms. The maximum atomic E-state index is 5.45. The van der Waals surface area contributed by atoms with E-state index in [9.17, 15) is 0 Å². The van der Waals surface area contributed by atoms with Crippen molar-refractivity contribution in [3.05, 3.63) is 42.2 Å². The topological polar surface area (TPSA) is 27.1 Å². The van der Waals surface area contributed by atoms with Gasteiger partial charge in [-0.1, -0.05) is 12.8 Å². The Morgan fingerprint density at radius 1 is 1.16 bits per heavy atom. The lowest BCUT2D eigenvalue weighted by Gasteiger charge is -2.06. The van der Waals surface area contributed by atoms with E-state index in [1.165, 1.54) is 31.4 Å². The fraction of sp³-hybridized carbons (Fsp3) is 0.438. The smallest absolute Gasteiger partial charge is 0.119 e. The average molecular weight is 256 g/mol. The summed E-state index contributed by atoms with van der Waals surface area (Å²) in [5, 5.41) is 4.71. The normalized spacial score (nSPS) is 15.8. The molecule has 0 spiro atoms. The molecule has 0 aliphatic heterocycles. The van der Waals surface area contributed by atoms with E-state index in [2.05, 4.69) is 24.4 Å². The first-order valence-electron chi connectivity index (χ1n) is 7.15. The molecule has 3 rings (SSSR count). The van der Waals surface area contributed by atoms with Crippen LogP contribution in [0.15, 0.2) is 36.5 Å². The van der Waals surface area contributed by atoms with Gasteiger partial charge in [-0.2, -0.15) is 5.10 Å². The molecule has 1 heterocycles. The van der Waals surface area contributed by atoms with Gasteiger partial charge >= 0.3 is 0 Å². The predicted molar refractivity (Wildman–Crippen MR) is 75.9 cm³/mol. The number of rotatable bonds is 4. The van der Waals surface area contributed by atoms with Gasteiger partial charge in [0.15, 0.2) is 0 Å². The van der Waals surface area contributed by atoms with Gasteiger partial charge in [-0.25, -0.2) is 4.68 Å². The molecule has 1 aromatic heterocycles. The van der Waals surface area contributed by atoms with E-state index < -0.39 is 0 Å². The highest BCUT2D eigenvalue weighted by molar-refractivity contribution is 5.37. The minimum atomic E-state index is 0.670. The van der Waals surface area contributed by atoms with E-state index >= 15 is 0 Å². The molecule has 0 saturated heterocycles. The van der Waals surface area contributed by atoms with Crippen LogP contribution in [-0.2, 0) is 0 Å². The molecule has 1 aliphatic carbocycles. The number of nitrogens with zero attached hydrogens (tertiary/aromatic N) is 2. The number of hydrogen-bond donors (Lipinski definition) is 0. The molecule has 100 valence electrons. The van der Waals surface area contributed by atoms with Gasteiger partial charge in [0, 0.05) is 12.1 Å². The van der Waals surface area contributed by atoms with Crippen LogP contribution in [0.3, 0.4) is 0 Å². The van der Waals surface area contributed by atoms with E-state index in [-0.39, 0.29) is 0 Å². The summed E-state index contributed by atoms with van der Waals surface area (Å²) < 4.78 is 7.42. The Labute approximate surface area is 114 Å². The van der Waals surface area contributed by atoms with Crippen LogP contribution in [0.2, 0.25) is 0 Å². The summed E-state index contributed by atoms with van der Waals surface area (Å²) in [4.78, 5) is 0. The molecule has 2 aromatic rings. The van der Waals surface area contributed by atoms with Crippen molar-refractivity contribution >= 4 is 0 Å². The molecule has 19 heavy (non-hydrogen) atoms. The standard InChI is InChI=1S/C16H20N2O/c1-2-19-15-9-7-14(8-10-15)18-12-11-16(17-18)13-5-3-4-6-13/h7-13H,2-6H2,1H3. The molecule has 0 amide bonds. The highest BCUT2D eigenvalue weighted by Crippen LogP contribution is 2.33. The Bertz CT molecular complexity index is 524. The quantitative estimate of drug-likeness (QED) is 0.828. The number of aromatic nitrogens is 2. The first kappa shape index (κ1) is 12.3. The molecule has 0 atom stereocenters. The zero-order valence-electron chi connectivity index (χ0n) is 11.4. The summed E-state index contributed by atoms with van der Waals surface area (Å²) in [7, 11) is 0. The summed E-state index contributed by atoms with van der Waals surface area (Å²) in [6, 6.07) is 10.3. The number of hydrogen-bond acceptors (Lipinski definition) is 2. The second-order valence-corrected chi connectivity index (χ2v) is 5.09. The first-order valence-corrected chi connectivity index (χ1v) is 7.15. The van der Waals surface area contributed by atoms with Crippen LogP contribution in [-0.4, -0.2) is 16.4 Å². The summed E-state index contributed by atoms with van der Waals surface area (Å²) in [5.74, 6) is 1.58. The van der Waals surface area contributed by atoms with Crippen LogP contribution in [0.4, 0.5) is 0 Å². The Kier molecular flexibility index (Phi) is 3.53. The van der Waals surface area contributed by atoms with Crippen LogP contribution >= 0.6 is 0 Å². The minimum absolute atomic E-state index is 0.670. The predicted octanol–water partition coefficient (Wildman–Crippen LogP) is 3.93. The molecule has 1 saturated carbocycles. The van der Waals surface area contributed by atoms with Crippen LogP contribution in [0.25, 0.3) is 5.69 Å². The average Bonchev–Trinajstić information content (AvgIpc) is 3.11. The highest BCUT2D eigenvalue weighted by atomic mass is 16.5. The first-order chi connectivity index (χ1) is 9.36. The van der Waals surface area contributed by atoms with Crippen LogP contribution in [0, 0.1) is 0 Å². The third-order valence-electron chi connectivity index (χ3n) is 3.80. The fourth-order valence-electron chi connectivity index (χ4n) is 2.78. The maximum absolute atomic E-state index is 5.45. The molecule has 3 nitrogen and oxygen atoms in total. The van der Waals surface area contributed by atoms with Gasteiger partial charge in [-0.05, 0) is 50.1 Å². The highest BCUT2D eigenvalue weighted by Gasteiger charge is 2.19. The maximum Gasteiger partial charge on any atom is 0.119 e. The van der Waals surface area contributed by atoms with Gasteiger partial charge in [0.2, 0.25) is 0 Å². The summed E-state index contributed by atoms with van der Waals surface area (Å²) in [5.41, 5.74) is 2.33. The molecule has 0 unspecified atom stereocenters. The molecule has 1 aliphatic rings. The van der Waals surface area contributed by atoms with Crippen molar-refractivity contribution in [2.45, 2.75) is 38.5 Å². The number of benzene rings is 1. The summed E-state index contributed by atoms with van der Waals surface area (Å²) in [6.45, 7) is 2.70. The van der Waals surface area contributed by atoms with Crippen molar-refractivity contribution in [1.29, 1.82) is 0 Å². The minimum Gasteiger partial charge on any atom is -0.494 e. The van der Waals surface area contributed by atoms with Gasteiger partial charge in [0.1, 0.15) is 5.75 Å². The number of ether oxygens (including phenoxy) is 1. The second-order valence-electron chi connectivity index (χ2n) is 5.09. The lowest BCUT2D eigenvalue weighted by Crippen LogP contribution is -1.99. The van der Waals surface area contributed by atoms with Gasteiger partial charge in [-0.3, -0.25) is 0 Å². The van der Waals surface area contributed by atoms with E-state index in [0.29, 0.717) is 12.5 Å². The van der Waals surface area contributed by atoms with Crippen molar-refractivity contribution in [2.24, 2.45) is 0 Å². The zero-order valence-corrected chi connectivity index (χ0v) is 11.4. The van der Waals surface area contributed by atoms with E-state index in [1.807, 2.05) is 23.7 Å². The van der Waals surface area contributed by atoms with E-state index in [0.717, 1.165) is 11.4 Å². The van der Waals surface area contributed by atoms with Crippen molar-refractivity contribution < 1.29 is 4.74 Å². The van der Waals surface area contributed by atoms with Gasteiger partial charge in [0.25, 0.3) is 0 Å². The van der Waals surface area contributed by atoms with Crippen molar-refractivity contribution in [2.75, 3.05) is 6.61 Å². The van der Waals surface area contributed by atoms with Crippen molar-refractivity contribution in [1.82, 2.24) is 9.78 Å². The van der Waals surface area contributed by atoms with Crippen LogP contribution in [0.5, 0.6) is 5.75 Å². The molecule has 0 radical (unpaired) electrons. The molecule has 1 fully saturated rings. The van der Waals surface area contributed by atoms with E-state index in [1.54, 1.807) is 0 Å². The van der Waals surface area contributed by atoms with Crippen LogP contribution in [0.1, 0.15) is 44.2 Å². The molecule has 0 N–H and O–H groups in total. The fourth-order valence-corrected chi connectivity index (χ4v) is 2.78. The molecular weight excluding hydrogens is 236 g/mol. The van der Waals surface area contributed by atoms with Crippen molar-refractivity contribution in [3.63, 3.8) is 0 Å². The lowest BCUT2D eigenvalue weighted by atomic mass is 10.1. The Morgan fingerprint density at radius 3 is 2.58 bits per heavy atom. The Hall–Kier alpha value is -1.77. The van der Waals surface area contributed by atoms with Crippen LogP contribution < -0.4 is 4.74 Å². The second kappa shape index (κ2) is 5.47. The van der Waals surface area contributed by atoms with Gasteiger partial charge < -0.3 is 4.74 Å². The monoisotopic (exact) mass is 256 g/mol.